The average molecular weight is 447 g/mol. The summed E-state index contributed by atoms with van der Waals surface area (Å²) < 4.78 is 60.9. The van der Waals surface area contributed by atoms with Crippen LogP contribution >= 0.6 is 0 Å². The molecule has 0 aliphatic carbocycles. The number of alkyl halides is 3. The van der Waals surface area contributed by atoms with Gasteiger partial charge < -0.3 is 14.6 Å². The van der Waals surface area contributed by atoms with E-state index in [-0.39, 0.29) is 17.5 Å². The van der Waals surface area contributed by atoms with Crippen molar-refractivity contribution in [3.8, 4) is 23.1 Å². The monoisotopic (exact) mass is 447 g/mol. The molecule has 0 atom stereocenters. The first kappa shape index (κ1) is 21.3. The molecule has 166 valence electrons. The minimum absolute atomic E-state index is 0.0112. The molecule has 0 aliphatic rings. The lowest BCUT2D eigenvalue weighted by Gasteiger charge is -2.11. The van der Waals surface area contributed by atoms with Gasteiger partial charge in [0.25, 0.3) is 0 Å². The Hall–Kier alpha value is -3.96. The van der Waals surface area contributed by atoms with Gasteiger partial charge >= 0.3 is 6.18 Å². The van der Waals surface area contributed by atoms with E-state index in [1.807, 2.05) is 13.1 Å². The van der Waals surface area contributed by atoms with Gasteiger partial charge in [0.1, 0.15) is 17.2 Å². The number of aromatic nitrogens is 6. The summed E-state index contributed by atoms with van der Waals surface area (Å²) in [4.78, 5) is 12.9. The van der Waals surface area contributed by atoms with Gasteiger partial charge in [-0.2, -0.15) is 18.2 Å². The number of ether oxygens (including phenoxy) is 1. The SMILES string of the molecule is COc1nc(-c2nc(Nc3ccc(F)c(C(F)(F)F)c3)n(C)n2)ccc1-n1cnc(C)c1. The Morgan fingerprint density at radius 2 is 1.88 bits per heavy atom. The summed E-state index contributed by atoms with van der Waals surface area (Å²) in [6, 6.07) is 6.05. The fourth-order valence-corrected chi connectivity index (χ4v) is 3.01. The van der Waals surface area contributed by atoms with Crippen LogP contribution in [-0.2, 0) is 13.2 Å². The second kappa shape index (κ2) is 7.94. The van der Waals surface area contributed by atoms with Crippen molar-refractivity contribution in [1.82, 2.24) is 29.3 Å². The van der Waals surface area contributed by atoms with E-state index in [9.17, 15) is 17.6 Å². The molecule has 0 saturated heterocycles. The number of nitrogens with one attached hydrogen (secondary N) is 1. The molecule has 0 unspecified atom stereocenters. The van der Waals surface area contributed by atoms with E-state index in [4.69, 9.17) is 4.74 Å². The van der Waals surface area contributed by atoms with Crippen molar-refractivity contribution in [2.24, 2.45) is 7.05 Å². The maximum absolute atomic E-state index is 13.5. The number of pyridine rings is 1. The Kier molecular flexibility index (Phi) is 5.28. The molecule has 0 spiro atoms. The van der Waals surface area contributed by atoms with Crippen molar-refractivity contribution in [2.45, 2.75) is 13.1 Å². The molecule has 3 heterocycles. The lowest BCUT2D eigenvalue weighted by atomic mass is 10.2. The highest BCUT2D eigenvalue weighted by molar-refractivity contribution is 5.60. The van der Waals surface area contributed by atoms with Crippen molar-refractivity contribution in [2.75, 3.05) is 12.4 Å². The number of halogens is 4. The third-order valence-electron chi connectivity index (χ3n) is 4.54. The molecule has 0 fully saturated rings. The number of benzene rings is 1. The van der Waals surface area contributed by atoms with Crippen LogP contribution < -0.4 is 10.1 Å². The van der Waals surface area contributed by atoms with E-state index in [0.717, 1.165) is 11.8 Å². The number of hydrogen-bond donors (Lipinski definition) is 1. The highest BCUT2D eigenvalue weighted by Gasteiger charge is 2.34. The first-order chi connectivity index (χ1) is 15.2. The molecule has 1 aromatic carbocycles. The Labute approximate surface area is 179 Å². The summed E-state index contributed by atoms with van der Waals surface area (Å²) in [5.41, 5.74) is 0.518. The first-order valence-corrected chi connectivity index (χ1v) is 9.27. The predicted octanol–water partition coefficient (Wildman–Crippen LogP) is 4.28. The van der Waals surface area contributed by atoms with Crippen LogP contribution in [0, 0.1) is 12.7 Å². The summed E-state index contributed by atoms with van der Waals surface area (Å²) in [6.45, 7) is 1.86. The predicted molar refractivity (Wildman–Crippen MR) is 107 cm³/mol. The zero-order valence-electron chi connectivity index (χ0n) is 17.1. The molecule has 8 nitrogen and oxygen atoms in total. The van der Waals surface area contributed by atoms with Crippen LogP contribution in [-0.4, -0.2) is 36.4 Å². The van der Waals surface area contributed by atoms with Crippen LogP contribution in [0.4, 0.5) is 29.2 Å². The third-order valence-corrected chi connectivity index (χ3v) is 4.54. The lowest BCUT2D eigenvalue weighted by Crippen LogP contribution is -2.09. The van der Waals surface area contributed by atoms with Crippen LogP contribution in [0.25, 0.3) is 17.2 Å². The van der Waals surface area contributed by atoms with Gasteiger partial charge in [0.15, 0.2) is 0 Å². The van der Waals surface area contributed by atoms with Crippen LogP contribution in [0.5, 0.6) is 5.88 Å². The van der Waals surface area contributed by atoms with Crippen LogP contribution in [0.2, 0.25) is 0 Å². The van der Waals surface area contributed by atoms with Gasteiger partial charge in [-0.3, -0.25) is 0 Å². The maximum atomic E-state index is 13.5. The van der Waals surface area contributed by atoms with E-state index >= 15 is 0 Å². The Morgan fingerprint density at radius 3 is 2.53 bits per heavy atom. The number of hydrogen-bond acceptors (Lipinski definition) is 6. The summed E-state index contributed by atoms with van der Waals surface area (Å²) >= 11 is 0. The van der Waals surface area contributed by atoms with Gasteiger partial charge in [0, 0.05) is 18.9 Å². The van der Waals surface area contributed by atoms with Gasteiger partial charge in [0.2, 0.25) is 17.7 Å². The van der Waals surface area contributed by atoms with Crippen molar-refractivity contribution in [3.05, 3.63) is 59.9 Å². The van der Waals surface area contributed by atoms with E-state index in [1.54, 1.807) is 30.1 Å². The summed E-state index contributed by atoms with van der Waals surface area (Å²) in [5, 5.41) is 6.98. The van der Waals surface area contributed by atoms with Crippen LogP contribution in [0.3, 0.4) is 0 Å². The molecular weight excluding hydrogens is 430 g/mol. The molecule has 4 rings (SSSR count). The maximum Gasteiger partial charge on any atom is 0.419 e. The molecule has 12 heteroatoms. The van der Waals surface area contributed by atoms with Crippen LogP contribution in [0.15, 0.2) is 42.9 Å². The average Bonchev–Trinajstić information content (AvgIpc) is 3.33. The third kappa shape index (κ3) is 4.11. The molecule has 0 saturated carbocycles. The topological polar surface area (TPSA) is 82.7 Å². The highest BCUT2D eigenvalue weighted by atomic mass is 19.4. The zero-order valence-corrected chi connectivity index (χ0v) is 17.1. The number of rotatable bonds is 5. The van der Waals surface area contributed by atoms with Crippen molar-refractivity contribution >= 4 is 11.6 Å². The molecule has 0 amide bonds. The molecule has 0 radical (unpaired) electrons. The second-order valence-corrected chi connectivity index (χ2v) is 6.85. The molecule has 0 aliphatic heterocycles. The number of methoxy groups -OCH3 is 1. The molecule has 1 N–H and O–H groups in total. The molecule has 4 aromatic rings. The smallest absolute Gasteiger partial charge is 0.419 e. The van der Waals surface area contributed by atoms with Gasteiger partial charge in [-0.25, -0.2) is 19.0 Å². The van der Waals surface area contributed by atoms with Crippen molar-refractivity contribution in [1.29, 1.82) is 0 Å². The minimum Gasteiger partial charge on any atom is -0.479 e. The fraction of sp³-hybridized carbons (Fsp3) is 0.200. The van der Waals surface area contributed by atoms with Gasteiger partial charge in [-0.05, 0) is 37.3 Å². The number of nitrogens with zero attached hydrogens (tertiary/aromatic N) is 6. The molecular formula is C20H17F4N7O. The summed E-state index contributed by atoms with van der Waals surface area (Å²) in [7, 11) is 3.04. The standard InChI is InChI=1S/C20H17F4N7O/c1-11-9-31(10-25-11)16-7-6-15(27-18(16)32-3)17-28-19(30(2)29-17)26-12-4-5-14(21)13(8-12)20(22,23)24/h4-10H,1-3H3,(H,26,28,29). The number of anilines is 2. The van der Waals surface area contributed by atoms with Gasteiger partial charge in [0.05, 0.1) is 24.7 Å². The normalized spacial score (nSPS) is 11.6. The Morgan fingerprint density at radius 1 is 1.09 bits per heavy atom. The molecule has 3 aromatic heterocycles. The number of aryl methyl sites for hydroxylation is 2. The highest BCUT2D eigenvalue weighted by Crippen LogP contribution is 2.33. The summed E-state index contributed by atoms with van der Waals surface area (Å²) in [5.74, 6) is -0.670. The van der Waals surface area contributed by atoms with Crippen molar-refractivity contribution in [3.63, 3.8) is 0 Å². The second-order valence-electron chi connectivity index (χ2n) is 6.85. The van der Waals surface area contributed by atoms with Crippen LogP contribution in [0.1, 0.15) is 11.3 Å². The largest absolute Gasteiger partial charge is 0.479 e. The van der Waals surface area contributed by atoms with Gasteiger partial charge in [-0.15, -0.1) is 5.10 Å². The van der Waals surface area contributed by atoms with E-state index in [0.29, 0.717) is 23.3 Å². The fourth-order valence-electron chi connectivity index (χ4n) is 3.01. The van der Waals surface area contributed by atoms with E-state index < -0.39 is 17.6 Å². The minimum atomic E-state index is -4.82. The van der Waals surface area contributed by atoms with E-state index in [1.165, 1.54) is 17.9 Å². The first-order valence-electron chi connectivity index (χ1n) is 9.27. The molecule has 0 bridgehead atoms. The zero-order chi connectivity index (χ0) is 23.0. The Bertz CT molecular complexity index is 1280. The van der Waals surface area contributed by atoms with Gasteiger partial charge in [-0.1, -0.05) is 0 Å². The van der Waals surface area contributed by atoms with Crippen molar-refractivity contribution < 1.29 is 22.3 Å². The summed E-state index contributed by atoms with van der Waals surface area (Å²) in [6.07, 6.45) is -1.37. The molecule has 32 heavy (non-hydrogen) atoms. The lowest BCUT2D eigenvalue weighted by molar-refractivity contribution is -0.139. The quantitative estimate of drug-likeness (QED) is 0.460. The number of imidazole rings is 1. The Balaban J connectivity index is 1.64. The van der Waals surface area contributed by atoms with E-state index in [2.05, 4.69) is 25.4 Å².